The van der Waals surface area contributed by atoms with Gasteiger partial charge in [-0.1, -0.05) is 13.8 Å². The van der Waals surface area contributed by atoms with Crippen LogP contribution in [0.2, 0.25) is 0 Å². The van der Waals surface area contributed by atoms with E-state index in [2.05, 4.69) is 18.8 Å². The highest BCUT2D eigenvalue weighted by atomic mass is 16.3. The molecule has 1 aromatic heterocycles. The summed E-state index contributed by atoms with van der Waals surface area (Å²) in [6, 6.07) is 7.38. The third-order valence-electron chi connectivity index (χ3n) is 2.93. The average molecular weight is 243 g/mol. The summed E-state index contributed by atoms with van der Waals surface area (Å²) in [6.45, 7) is 3.87. The molecular weight excluding hydrogens is 226 g/mol. The zero-order valence-electron chi connectivity index (χ0n) is 10.7. The molecule has 94 valence electrons. The molecule has 0 atom stereocenters. The number of aliphatic hydroxyl groups is 1. The van der Waals surface area contributed by atoms with Gasteiger partial charge >= 0.3 is 0 Å². The second kappa shape index (κ2) is 5.27. The Labute approximate surface area is 106 Å². The van der Waals surface area contributed by atoms with Crippen LogP contribution in [0.5, 0.6) is 0 Å². The molecule has 0 radical (unpaired) electrons. The van der Waals surface area contributed by atoms with Gasteiger partial charge in [0.2, 0.25) is 0 Å². The molecule has 2 rings (SSSR count). The Morgan fingerprint density at radius 1 is 1.33 bits per heavy atom. The highest BCUT2D eigenvalue weighted by molar-refractivity contribution is 6.00. The van der Waals surface area contributed by atoms with E-state index in [0.29, 0.717) is 11.5 Å². The van der Waals surface area contributed by atoms with Crippen LogP contribution in [0.1, 0.15) is 29.8 Å². The van der Waals surface area contributed by atoms with E-state index in [1.165, 1.54) is 5.56 Å². The molecule has 1 N–H and O–H groups in total. The van der Waals surface area contributed by atoms with Crippen LogP contribution in [0.15, 0.2) is 30.5 Å². The van der Waals surface area contributed by atoms with Crippen molar-refractivity contribution in [3.8, 4) is 0 Å². The number of aliphatic hydroxyl groups excluding tert-OH is 1. The summed E-state index contributed by atoms with van der Waals surface area (Å²) in [5.41, 5.74) is 2.63. The van der Waals surface area contributed by atoms with Gasteiger partial charge in [0.1, 0.15) is 6.61 Å². The molecule has 1 heterocycles. The van der Waals surface area contributed by atoms with Gasteiger partial charge in [-0.25, -0.2) is 0 Å². The summed E-state index contributed by atoms with van der Waals surface area (Å²) in [6.07, 6.45) is 2.75. The summed E-state index contributed by atoms with van der Waals surface area (Å²) >= 11 is 0. The first-order chi connectivity index (χ1) is 8.61. The van der Waals surface area contributed by atoms with Crippen LogP contribution in [-0.4, -0.2) is 22.5 Å². The number of hydrogen-bond donors (Lipinski definition) is 1. The number of carbonyl (C=O) groups excluding carboxylic acids is 1. The maximum absolute atomic E-state index is 11.5. The summed E-state index contributed by atoms with van der Waals surface area (Å²) in [5, 5.41) is 9.91. The van der Waals surface area contributed by atoms with Gasteiger partial charge in [-0.15, -0.1) is 0 Å². The molecular formula is C15H17NO2. The molecule has 1 aromatic carbocycles. The molecule has 0 aliphatic rings. The van der Waals surface area contributed by atoms with Crippen molar-refractivity contribution in [2.45, 2.75) is 20.3 Å². The predicted octanol–water partition coefficient (Wildman–Crippen LogP) is 2.61. The molecule has 3 heteroatoms. The van der Waals surface area contributed by atoms with Crippen molar-refractivity contribution in [3.63, 3.8) is 0 Å². The van der Waals surface area contributed by atoms with Gasteiger partial charge in [0.15, 0.2) is 5.78 Å². The van der Waals surface area contributed by atoms with Gasteiger partial charge in [-0.2, -0.15) is 0 Å². The zero-order valence-corrected chi connectivity index (χ0v) is 10.7. The number of nitrogens with zero attached hydrogens (tertiary/aromatic N) is 1. The fraction of sp³-hybridized carbons (Fsp3) is 0.333. The topological polar surface area (TPSA) is 50.2 Å². The first-order valence-electron chi connectivity index (χ1n) is 6.13. The van der Waals surface area contributed by atoms with Gasteiger partial charge in [0.05, 0.1) is 5.52 Å². The Kier molecular flexibility index (Phi) is 3.72. The van der Waals surface area contributed by atoms with Gasteiger partial charge in [0.25, 0.3) is 0 Å². The van der Waals surface area contributed by atoms with E-state index in [1.54, 1.807) is 12.3 Å². The number of ketones is 1. The Morgan fingerprint density at radius 2 is 2.11 bits per heavy atom. The molecule has 0 saturated heterocycles. The molecule has 0 aliphatic heterocycles. The first-order valence-corrected chi connectivity index (χ1v) is 6.13. The number of hydrogen-bond acceptors (Lipinski definition) is 3. The van der Waals surface area contributed by atoms with Gasteiger partial charge in [-0.05, 0) is 42.2 Å². The maximum atomic E-state index is 11.5. The van der Waals surface area contributed by atoms with E-state index < -0.39 is 6.61 Å². The number of fused-ring (bicyclic) bond motifs is 1. The number of aromatic nitrogens is 1. The molecule has 0 amide bonds. The first kappa shape index (κ1) is 12.7. The van der Waals surface area contributed by atoms with E-state index in [9.17, 15) is 4.79 Å². The summed E-state index contributed by atoms with van der Waals surface area (Å²) in [4.78, 5) is 15.8. The van der Waals surface area contributed by atoms with Crippen LogP contribution in [0.3, 0.4) is 0 Å². The Balaban J connectivity index is 2.54. The van der Waals surface area contributed by atoms with Crippen molar-refractivity contribution >= 4 is 16.7 Å². The summed E-state index contributed by atoms with van der Waals surface area (Å²) < 4.78 is 0. The van der Waals surface area contributed by atoms with E-state index in [-0.39, 0.29) is 5.78 Å². The summed E-state index contributed by atoms with van der Waals surface area (Å²) in [5.74, 6) is 0.295. The Hall–Kier alpha value is -1.74. The minimum Gasteiger partial charge on any atom is -0.388 e. The second-order valence-electron chi connectivity index (χ2n) is 4.88. The van der Waals surface area contributed by atoms with Crippen LogP contribution in [0.25, 0.3) is 10.9 Å². The Bertz CT molecular complexity index is 576. The number of carbonyl (C=O) groups is 1. The third-order valence-corrected chi connectivity index (χ3v) is 2.93. The number of rotatable bonds is 4. The number of benzene rings is 1. The van der Waals surface area contributed by atoms with E-state index in [0.717, 1.165) is 17.3 Å². The van der Waals surface area contributed by atoms with Crippen LogP contribution in [-0.2, 0) is 6.42 Å². The van der Waals surface area contributed by atoms with E-state index >= 15 is 0 Å². The third kappa shape index (κ3) is 2.57. The minimum atomic E-state index is -0.453. The fourth-order valence-electron chi connectivity index (χ4n) is 2.09. The molecule has 3 nitrogen and oxygen atoms in total. The smallest absolute Gasteiger partial charge is 0.188 e. The molecule has 0 aliphatic carbocycles. The predicted molar refractivity (Wildman–Crippen MR) is 71.7 cm³/mol. The average Bonchev–Trinajstić information content (AvgIpc) is 2.37. The lowest BCUT2D eigenvalue weighted by Crippen LogP contribution is -2.04. The zero-order chi connectivity index (χ0) is 13.1. The van der Waals surface area contributed by atoms with Crippen molar-refractivity contribution < 1.29 is 9.90 Å². The van der Waals surface area contributed by atoms with Gasteiger partial charge in [0, 0.05) is 17.1 Å². The lowest BCUT2D eigenvalue weighted by molar-refractivity contribution is 0.0904. The molecule has 18 heavy (non-hydrogen) atoms. The van der Waals surface area contributed by atoms with E-state index in [1.807, 2.05) is 18.2 Å². The maximum Gasteiger partial charge on any atom is 0.188 e. The van der Waals surface area contributed by atoms with Crippen molar-refractivity contribution in [2.75, 3.05) is 6.61 Å². The monoisotopic (exact) mass is 243 g/mol. The fourth-order valence-corrected chi connectivity index (χ4v) is 2.09. The summed E-state index contributed by atoms with van der Waals surface area (Å²) in [7, 11) is 0. The Morgan fingerprint density at radius 3 is 2.78 bits per heavy atom. The van der Waals surface area contributed by atoms with Crippen molar-refractivity contribution in [3.05, 3.63) is 41.6 Å². The SMILES string of the molecule is CC(C)Cc1ccnc2ccc(C(=O)CO)cc12. The minimum absolute atomic E-state index is 0.253. The number of pyridine rings is 1. The highest BCUT2D eigenvalue weighted by Gasteiger charge is 2.09. The highest BCUT2D eigenvalue weighted by Crippen LogP contribution is 2.21. The standard InChI is InChI=1S/C15H17NO2/c1-10(2)7-11-5-6-16-14-4-3-12(8-13(11)14)15(18)9-17/h3-6,8,10,17H,7,9H2,1-2H3. The van der Waals surface area contributed by atoms with Crippen LogP contribution < -0.4 is 0 Å². The molecule has 2 aromatic rings. The molecule has 0 saturated carbocycles. The van der Waals surface area contributed by atoms with Crippen molar-refractivity contribution in [2.24, 2.45) is 5.92 Å². The van der Waals surface area contributed by atoms with Crippen molar-refractivity contribution in [1.82, 2.24) is 4.98 Å². The number of Topliss-reactive ketones (excluding diaryl/α,β-unsaturated/α-hetero) is 1. The van der Waals surface area contributed by atoms with Crippen molar-refractivity contribution in [1.29, 1.82) is 0 Å². The van der Waals surface area contributed by atoms with Gasteiger partial charge in [-0.3, -0.25) is 9.78 Å². The lowest BCUT2D eigenvalue weighted by atomic mass is 9.97. The molecule has 0 unspecified atom stereocenters. The second-order valence-corrected chi connectivity index (χ2v) is 4.88. The van der Waals surface area contributed by atoms with Crippen LogP contribution >= 0.6 is 0 Å². The van der Waals surface area contributed by atoms with Crippen LogP contribution in [0.4, 0.5) is 0 Å². The van der Waals surface area contributed by atoms with E-state index in [4.69, 9.17) is 5.11 Å². The normalized spacial score (nSPS) is 11.1. The van der Waals surface area contributed by atoms with Gasteiger partial charge < -0.3 is 5.11 Å². The van der Waals surface area contributed by atoms with Crippen LogP contribution in [0, 0.1) is 5.92 Å². The molecule has 0 bridgehead atoms. The molecule has 0 spiro atoms. The molecule has 0 fully saturated rings. The largest absolute Gasteiger partial charge is 0.388 e. The lowest BCUT2D eigenvalue weighted by Gasteiger charge is -2.09. The quantitative estimate of drug-likeness (QED) is 0.840.